The average molecular weight is 432 g/mol. The van der Waals surface area contributed by atoms with Crippen LogP contribution in [0.25, 0.3) is 22.1 Å². The van der Waals surface area contributed by atoms with Crippen LogP contribution in [0.5, 0.6) is 5.75 Å². The van der Waals surface area contributed by atoms with Crippen LogP contribution in [0.2, 0.25) is 15.1 Å². The third kappa shape index (κ3) is 3.88. The van der Waals surface area contributed by atoms with E-state index < -0.39 is 0 Å². The third-order valence-electron chi connectivity index (χ3n) is 4.29. The van der Waals surface area contributed by atoms with E-state index >= 15 is 0 Å². The Hall–Kier alpha value is -2.46. The molecule has 0 spiro atoms. The van der Waals surface area contributed by atoms with Crippen LogP contribution in [0.15, 0.2) is 76.1 Å². The Morgan fingerprint density at radius 2 is 1.64 bits per heavy atom. The lowest BCUT2D eigenvalue weighted by Gasteiger charge is -2.08. The number of benzene rings is 3. The zero-order valence-electron chi connectivity index (χ0n) is 14.4. The van der Waals surface area contributed by atoms with Crippen molar-refractivity contribution in [3.05, 3.63) is 97.8 Å². The van der Waals surface area contributed by atoms with Crippen LogP contribution in [0, 0.1) is 0 Å². The van der Waals surface area contributed by atoms with Gasteiger partial charge in [0.15, 0.2) is 5.43 Å². The van der Waals surface area contributed by atoms with Crippen molar-refractivity contribution in [1.29, 1.82) is 0 Å². The minimum atomic E-state index is -0.111. The largest absolute Gasteiger partial charge is 0.489 e. The van der Waals surface area contributed by atoms with Crippen LogP contribution in [-0.2, 0) is 6.61 Å². The fourth-order valence-electron chi connectivity index (χ4n) is 2.82. The summed E-state index contributed by atoms with van der Waals surface area (Å²) in [5, 5.41) is 2.06. The number of fused-ring (bicyclic) bond motifs is 1. The van der Waals surface area contributed by atoms with Crippen molar-refractivity contribution >= 4 is 45.8 Å². The number of hydrogen-bond acceptors (Lipinski definition) is 3. The molecule has 0 unspecified atom stereocenters. The van der Waals surface area contributed by atoms with Gasteiger partial charge in [0.05, 0.1) is 21.0 Å². The monoisotopic (exact) mass is 430 g/mol. The van der Waals surface area contributed by atoms with E-state index in [1.54, 1.807) is 54.6 Å². The molecule has 0 fully saturated rings. The molecular weight excluding hydrogens is 419 g/mol. The van der Waals surface area contributed by atoms with Crippen molar-refractivity contribution in [3.63, 3.8) is 0 Å². The molecule has 0 saturated carbocycles. The first-order valence-electron chi connectivity index (χ1n) is 8.39. The van der Waals surface area contributed by atoms with E-state index in [0.29, 0.717) is 44.0 Å². The highest BCUT2D eigenvalue weighted by Crippen LogP contribution is 2.26. The van der Waals surface area contributed by atoms with Crippen molar-refractivity contribution in [2.45, 2.75) is 6.61 Å². The average Bonchev–Trinajstić information content (AvgIpc) is 2.70. The van der Waals surface area contributed by atoms with Gasteiger partial charge in [0, 0.05) is 11.1 Å². The molecule has 0 radical (unpaired) electrons. The molecule has 0 aliphatic carbocycles. The predicted octanol–water partition coefficient (Wildman–Crippen LogP) is 7.00. The van der Waals surface area contributed by atoms with Crippen LogP contribution >= 0.6 is 34.8 Å². The first-order chi connectivity index (χ1) is 13.5. The fraction of sp³-hybridized carbons (Fsp3) is 0.0455. The lowest BCUT2D eigenvalue weighted by atomic mass is 10.1. The minimum Gasteiger partial charge on any atom is -0.489 e. The van der Waals surface area contributed by atoms with Crippen LogP contribution in [0.1, 0.15) is 5.56 Å². The molecule has 0 atom stereocenters. The smallest absolute Gasteiger partial charge is 0.200 e. The van der Waals surface area contributed by atoms with Crippen molar-refractivity contribution in [1.82, 2.24) is 0 Å². The van der Waals surface area contributed by atoms with Crippen molar-refractivity contribution in [2.24, 2.45) is 0 Å². The molecule has 6 heteroatoms. The van der Waals surface area contributed by atoms with Gasteiger partial charge in [-0.2, -0.15) is 0 Å². The van der Waals surface area contributed by atoms with Crippen LogP contribution in [-0.4, -0.2) is 0 Å². The summed E-state index contributed by atoms with van der Waals surface area (Å²) in [5.74, 6) is 0.584. The van der Waals surface area contributed by atoms with E-state index in [9.17, 15) is 4.79 Å². The standard InChI is InChI=1S/C22H13Cl3O3/c23-15-4-2-14(3-5-15)18-12-28-21-10-16(6-7-17(21)22(18)26)27-11-13-1-8-19(24)20(25)9-13/h1-10,12H,11H2. The summed E-state index contributed by atoms with van der Waals surface area (Å²) < 4.78 is 11.5. The summed E-state index contributed by atoms with van der Waals surface area (Å²) in [4.78, 5) is 12.8. The SMILES string of the molecule is O=c1c(-c2ccc(Cl)cc2)coc2cc(OCc3ccc(Cl)c(Cl)c3)ccc12. The Morgan fingerprint density at radius 1 is 0.857 bits per heavy atom. The molecule has 3 nitrogen and oxygen atoms in total. The van der Waals surface area contributed by atoms with Gasteiger partial charge in [0.1, 0.15) is 24.2 Å². The molecule has 3 aromatic carbocycles. The van der Waals surface area contributed by atoms with Crippen molar-refractivity contribution in [2.75, 3.05) is 0 Å². The second kappa shape index (κ2) is 7.88. The lowest BCUT2D eigenvalue weighted by molar-refractivity contribution is 0.306. The van der Waals surface area contributed by atoms with Gasteiger partial charge in [-0.25, -0.2) is 0 Å². The fourth-order valence-corrected chi connectivity index (χ4v) is 3.27. The molecule has 0 aliphatic rings. The maximum absolute atomic E-state index is 12.8. The number of ether oxygens (including phenoxy) is 1. The first-order valence-corrected chi connectivity index (χ1v) is 9.53. The molecule has 0 amide bonds. The molecule has 1 aromatic heterocycles. The van der Waals surface area contributed by atoms with Crippen LogP contribution in [0.3, 0.4) is 0 Å². The zero-order chi connectivity index (χ0) is 19.7. The van der Waals surface area contributed by atoms with Gasteiger partial charge in [-0.1, -0.05) is 53.0 Å². The van der Waals surface area contributed by atoms with E-state index in [2.05, 4.69) is 0 Å². The molecule has 0 saturated heterocycles. The normalized spacial score (nSPS) is 11.0. The Balaban J connectivity index is 1.61. The second-order valence-electron chi connectivity index (χ2n) is 6.18. The predicted molar refractivity (Wildman–Crippen MR) is 114 cm³/mol. The highest BCUT2D eigenvalue weighted by atomic mass is 35.5. The highest BCUT2D eigenvalue weighted by Gasteiger charge is 2.10. The highest BCUT2D eigenvalue weighted by molar-refractivity contribution is 6.42. The van der Waals surface area contributed by atoms with Crippen LogP contribution in [0.4, 0.5) is 0 Å². The Morgan fingerprint density at radius 3 is 2.39 bits per heavy atom. The summed E-state index contributed by atoms with van der Waals surface area (Å²) in [6, 6.07) is 17.5. The van der Waals surface area contributed by atoms with Gasteiger partial charge >= 0.3 is 0 Å². The summed E-state index contributed by atoms with van der Waals surface area (Å²) >= 11 is 17.9. The van der Waals surface area contributed by atoms with Crippen molar-refractivity contribution in [3.8, 4) is 16.9 Å². The summed E-state index contributed by atoms with van der Waals surface area (Å²) in [6.07, 6.45) is 1.46. The van der Waals surface area contributed by atoms with E-state index in [4.69, 9.17) is 44.0 Å². The molecule has 140 valence electrons. The second-order valence-corrected chi connectivity index (χ2v) is 7.43. The maximum atomic E-state index is 12.8. The van der Waals surface area contributed by atoms with E-state index in [-0.39, 0.29) is 5.43 Å². The van der Waals surface area contributed by atoms with E-state index in [0.717, 1.165) is 11.1 Å². The van der Waals surface area contributed by atoms with Gasteiger partial charge < -0.3 is 9.15 Å². The summed E-state index contributed by atoms with van der Waals surface area (Å²) in [7, 11) is 0. The summed E-state index contributed by atoms with van der Waals surface area (Å²) in [6.45, 7) is 0.315. The molecular formula is C22H13Cl3O3. The molecule has 0 bridgehead atoms. The third-order valence-corrected chi connectivity index (χ3v) is 5.28. The van der Waals surface area contributed by atoms with Gasteiger partial charge in [-0.3, -0.25) is 4.79 Å². The number of hydrogen-bond donors (Lipinski definition) is 0. The molecule has 0 N–H and O–H groups in total. The summed E-state index contributed by atoms with van der Waals surface area (Å²) in [5.41, 5.74) is 2.46. The van der Waals surface area contributed by atoms with E-state index in [1.807, 2.05) is 6.07 Å². The Labute approximate surface area is 176 Å². The quantitative estimate of drug-likeness (QED) is 0.349. The Kier molecular flexibility index (Phi) is 5.31. The minimum absolute atomic E-state index is 0.111. The van der Waals surface area contributed by atoms with Gasteiger partial charge in [0.25, 0.3) is 0 Å². The maximum Gasteiger partial charge on any atom is 0.200 e. The zero-order valence-corrected chi connectivity index (χ0v) is 16.7. The Bertz CT molecular complexity index is 1210. The molecule has 4 rings (SSSR count). The molecule has 1 heterocycles. The lowest BCUT2D eigenvalue weighted by Crippen LogP contribution is -2.05. The first kappa shape index (κ1) is 18.9. The van der Waals surface area contributed by atoms with Gasteiger partial charge in [-0.05, 0) is 47.5 Å². The molecule has 4 aromatic rings. The van der Waals surface area contributed by atoms with Gasteiger partial charge in [-0.15, -0.1) is 0 Å². The van der Waals surface area contributed by atoms with Crippen LogP contribution < -0.4 is 10.2 Å². The number of halogens is 3. The topological polar surface area (TPSA) is 39.4 Å². The van der Waals surface area contributed by atoms with E-state index in [1.165, 1.54) is 6.26 Å². The van der Waals surface area contributed by atoms with Gasteiger partial charge in [0.2, 0.25) is 0 Å². The van der Waals surface area contributed by atoms with Crippen molar-refractivity contribution < 1.29 is 9.15 Å². The molecule has 0 aliphatic heterocycles. The number of rotatable bonds is 4. The molecule has 28 heavy (non-hydrogen) atoms.